The molecule has 1 saturated heterocycles. The van der Waals surface area contributed by atoms with Crippen molar-refractivity contribution in [1.29, 1.82) is 0 Å². The second-order valence-corrected chi connectivity index (χ2v) is 5.31. The van der Waals surface area contributed by atoms with E-state index in [1.165, 1.54) is 24.3 Å². The average Bonchev–Trinajstić information content (AvgIpc) is 3.16. The Balaban J connectivity index is 1.61. The van der Waals surface area contributed by atoms with Gasteiger partial charge in [-0.25, -0.2) is 9.89 Å². The van der Waals surface area contributed by atoms with Crippen molar-refractivity contribution in [2.75, 3.05) is 18.0 Å². The molecule has 8 nitrogen and oxygen atoms in total. The van der Waals surface area contributed by atoms with Gasteiger partial charge in [-0.2, -0.15) is 0 Å². The molecule has 1 fully saturated rings. The number of halogens is 3. The first kappa shape index (κ1) is 16.9. The van der Waals surface area contributed by atoms with E-state index in [0.717, 1.165) is 0 Å². The van der Waals surface area contributed by atoms with Crippen molar-refractivity contribution in [1.82, 2.24) is 15.4 Å². The van der Waals surface area contributed by atoms with Crippen LogP contribution in [0.5, 0.6) is 11.6 Å². The molecule has 0 aliphatic carbocycles. The van der Waals surface area contributed by atoms with E-state index in [4.69, 9.17) is 9.84 Å². The van der Waals surface area contributed by atoms with Crippen LogP contribution in [0.1, 0.15) is 16.9 Å². The molecule has 2 N–H and O–H groups in total. The van der Waals surface area contributed by atoms with Gasteiger partial charge in [-0.1, -0.05) is 10.3 Å². The molecule has 1 aliphatic heterocycles. The van der Waals surface area contributed by atoms with E-state index in [9.17, 15) is 18.0 Å². The summed E-state index contributed by atoms with van der Waals surface area (Å²) < 4.78 is 45.9. The minimum Gasteiger partial charge on any atom is -0.476 e. The number of hydrogen-bond donors (Lipinski definition) is 2. The van der Waals surface area contributed by atoms with Gasteiger partial charge in [0, 0.05) is 18.7 Å². The van der Waals surface area contributed by atoms with Crippen LogP contribution in [0.25, 0.3) is 0 Å². The van der Waals surface area contributed by atoms with Crippen molar-refractivity contribution in [3.8, 4) is 11.6 Å². The van der Waals surface area contributed by atoms with Gasteiger partial charge in [-0.15, -0.1) is 13.2 Å². The summed E-state index contributed by atoms with van der Waals surface area (Å²) in [4.78, 5) is 12.9. The second-order valence-electron chi connectivity index (χ2n) is 5.31. The zero-order chi connectivity index (χ0) is 18.0. The SMILES string of the molecule is O=C(O)c1[nH]nnc1OC1CCN(c2ccc(OC(F)(F)F)cc2)C1. The van der Waals surface area contributed by atoms with E-state index < -0.39 is 12.3 Å². The van der Waals surface area contributed by atoms with Crippen LogP contribution in [0.3, 0.4) is 0 Å². The van der Waals surface area contributed by atoms with Gasteiger partial charge in [0.15, 0.2) is 0 Å². The normalized spacial score (nSPS) is 17.6. The Bertz CT molecular complexity index is 747. The van der Waals surface area contributed by atoms with E-state index in [1.807, 2.05) is 4.90 Å². The van der Waals surface area contributed by atoms with E-state index in [0.29, 0.717) is 25.2 Å². The summed E-state index contributed by atoms with van der Waals surface area (Å²) in [7, 11) is 0. The lowest BCUT2D eigenvalue weighted by molar-refractivity contribution is -0.274. The molecule has 0 saturated carbocycles. The lowest BCUT2D eigenvalue weighted by atomic mass is 10.3. The van der Waals surface area contributed by atoms with Gasteiger partial charge in [0.2, 0.25) is 5.69 Å². The van der Waals surface area contributed by atoms with E-state index in [1.54, 1.807) is 0 Å². The quantitative estimate of drug-likeness (QED) is 0.844. The minimum absolute atomic E-state index is 0.0896. The summed E-state index contributed by atoms with van der Waals surface area (Å²) in [5, 5.41) is 18.2. The summed E-state index contributed by atoms with van der Waals surface area (Å²) in [6.07, 6.45) is -4.44. The number of ether oxygens (including phenoxy) is 2. The summed E-state index contributed by atoms with van der Waals surface area (Å²) in [6, 6.07) is 5.50. The van der Waals surface area contributed by atoms with Crippen LogP contribution in [-0.4, -0.2) is 52.0 Å². The zero-order valence-corrected chi connectivity index (χ0v) is 12.7. The fourth-order valence-electron chi connectivity index (χ4n) is 2.52. The highest BCUT2D eigenvalue weighted by Gasteiger charge is 2.31. The molecular weight excluding hydrogens is 345 g/mol. The van der Waals surface area contributed by atoms with Crippen molar-refractivity contribution >= 4 is 11.7 Å². The van der Waals surface area contributed by atoms with Crippen LogP contribution < -0.4 is 14.4 Å². The first-order valence-corrected chi connectivity index (χ1v) is 7.23. The van der Waals surface area contributed by atoms with E-state index >= 15 is 0 Å². The van der Waals surface area contributed by atoms with Crippen LogP contribution in [0.4, 0.5) is 18.9 Å². The largest absolute Gasteiger partial charge is 0.573 e. The van der Waals surface area contributed by atoms with Crippen molar-refractivity contribution in [3.63, 3.8) is 0 Å². The summed E-state index contributed by atoms with van der Waals surface area (Å²) >= 11 is 0. The predicted molar refractivity (Wildman–Crippen MR) is 77.7 cm³/mol. The number of carbonyl (C=O) groups is 1. The lowest BCUT2D eigenvalue weighted by Gasteiger charge is -2.19. The Morgan fingerprint density at radius 2 is 2.04 bits per heavy atom. The molecule has 1 unspecified atom stereocenters. The first-order chi connectivity index (χ1) is 11.8. The third kappa shape index (κ3) is 4.11. The van der Waals surface area contributed by atoms with E-state index in [2.05, 4.69) is 20.1 Å². The minimum atomic E-state index is -4.73. The first-order valence-electron chi connectivity index (χ1n) is 7.23. The smallest absolute Gasteiger partial charge is 0.476 e. The second kappa shape index (κ2) is 6.49. The number of carboxylic acids is 1. The number of nitrogens with one attached hydrogen (secondary N) is 1. The number of benzene rings is 1. The molecule has 0 radical (unpaired) electrons. The highest BCUT2D eigenvalue weighted by Crippen LogP contribution is 2.28. The monoisotopic (exact) mass is 358 g/mol. The topological polar surface area (TPSA) is 101 Å². The van der Waals surface area contributed by atoms with Gasteiger partial charge in [0.05, 0.1) is 6.54 Å². The molecule has 0 spiro atoms. The Labute approximate surface area is 139 Å². The molecule has 0 amide bonds. The molecule has 11 heteroatoms. The molecule has 3 rings (SSSR count). The molecule has 1 aliphatic rings. The number of carboxylic acid groups (broad SMARTS) is 1. The molecule has 1 aromatic carbocycles. The molecule has 1 aromatic heterocycles. The van der Waals surface area contributed by atoms with Gasteiger partial charge in [0.25, 0.3) is 5.88 Å². The third-order valence-corrected chi connectivity index (χ3v) is 3.59. The van der Waals surface area contributed by atoms with Gasteiger partial charge in [-0.05, 0) is 24.3 Å². The number of aromatic amines is 1. The molecule has 134 valence electrons. The number of alkyl halides is 3. The van der Waals surface area contributed by atoms with Crippen LogP contribution in [0.15, 0.2) is 24.3 Å². The predicted octanol–water partition coefficient (Wildman–Crippen LogP) is 2.06. The van der Waals surface area contributed by atoms with Gasteiger partial charge in [-0.3, -0.25) is 0 Å². The van der Waals surface area contributed by atoms with Crippen LogP contribution in [-0.2, 0) is 0 Å². The fraction of sp³-hybridized carbons (Fsp3) is 0.357. The fourth-order valence-corrected chi connectivity index (χ4v) is 2.52. The van der Waals surface area contributed by atoms with Crippen molar-refractivity contribution in [2.45, 2.75) is 18.9 Å². The summed E-state index contributed by atoms with van der Waals surface area (Å²) in [5.74, 6) is -1.61. The van der Waals surface area contributed by atoms with Crippen molar-refractivity contribution < 1.29 is 32.5 Å². The number of aromatic nitrogens is 3. The maximum atomic E-state index is 12.2. The Morgan fingerprint density at radius 3 is 2.68 bits per heavy atom. The van der Waals surface area contributed by atoms with Gasteiger partial charge in [0.1, 0.15) is 11.9 Å². The van der Waals surface area contributed by atoms with Crippen LogP contribution in [0, 0.1) is 0 Å². The zero-order valence-electron chi connectivity index (χ0n) is 12.7. The Morgan fingerprint density at radius 1 is 1.32 bits per heavy atom. The molecule has 2 heterocycles. The molecule has 25 heavy (non-hydrogen) atoms. The van der Waals surface area contributed by atoms with Crippen molar-refractivity contribution in [2.24, 2.45) is 0 Å². The maximum absolute atomic E-state index is 12.2. The highest BCUT2D eigenvalue weighted by molar-refractivity contribution is 5.87. The molecule has 1 atom stereocenters. The number of nitrogens with zero attached hydrogens (tertiary/aromatic N) is 3. The third-order valence-electron chi connectivity index (χ3n) is 3.59. The molecule has 0 bridgehead atoms. The lowest BCUT2D eigenvalue weighted by Crippen LogP contribution is -2.25. The number of H-pyrrole nitrogens is 1. The van der Waals surface area contributed by atoms with Crippen LogP contribution >= 0.6 is 0 Å². The highest BCUT2D eigenvalue weighted by atomic mass is 19.4. The standard InChI is InChI=1S/C14H13F3N4O4/c15-14(16,17)25-9-3-1-8(2-4-9)21-6-5-10(7-21)24-12-11(13(22)23)18-20-19-12/h1-4,10H,5-7H2,(H,22,23)(H,18,19,20). The van der Waals surface area contributed by atoms with Gasteiger partial charge < -0.3 is 19.5 Å². The summed E-state index contributed by atoms with van der Waals surface area (Å²) in [5.41, 5.74) is 0.478. The Kier molecular flexibility index (Phi) is 4.38. The number of aromatic carboxylic acids is 1. The van der Waals surface area contributed by atoms with Gasteiger partial charge >= 0.3 is 12.3 Å². The average molecular weight is 358 g/mol. The maximum Gasteiger partial charge on any atom is 0.573 e. The number of anilines is 1. The summed E-state index contributed by atoms with van der Waals surface area (Å²) in [6.45, 7) is 1.04. The van der Waals surface area contributed by atoms with E-state index in [-0.39, 0.29) is 23.4 Å². The van der Waals surface area contributed by atoms with Crippen molar-refractivity contribution in [3.05, 3.63) is 30.0 Å². The number of hydrogen-bond acceptors (Lipinski definition) is 6. The Hall–Kier alpha value is -2.98. The van der Waals surface area contributed by atoms with Crippen LogP contribution in [0.2, 0.25) is 0 Å². The molecular formula is C14H13F3N4O4. The molecule has 2 aromatic rings. The number of rotatable bonds is 5.